The van der Waals surface area contributed by atoms with Gasteiger partial charge in [-0.2, -0.15) is 0 Å². The van der Waals surface area contributed by atoms with Gasteiger partial charge in [-0.15, -0.1) is 0 Å². The summed E-state index contributed by atoms with van der Waals surface area (Å²) < 4.78 is 13.0. The number of allylic oxidation sites excluding steroid dienone is 1. The first-order valence-electron chi connectivity index (χ1n) is 5.15. The highest BCUT2D eigenvalue weighted by atomic mass is 35.5. The lowest BCUT2D eigenvalue weighted by Crippen LogP contribution is -2.39. The fourth-order valence-electron chi connectivity index (χ4n) is 2.11. The van der Waals surface area contributed by atoms with E-state index in [2.05, 4.69) is 11.6 Å². The van der Waals surface area contributed by atoms with E-state index in [1.54, 1.807) is 4.90 Å². The van der Waals surface area contributed by atoms with Crippen molar-refractivity contribution < 1.29 is 4.39 Å². The molecular formula is C11H14ClFN2. The van der Waals surface area contributed by atoms with Crippen LogP contribution in [0.3, 0.4) is 0 Å². The summed E-state index contributed by atoms with van der Waals surface area (Å²) in [4.78, 5) is 5.68. The third-order valence-corrected chi connectivity index (χ3v) is 3.19. The normalized spacial score (nSPS) is 31.7. The van der Waals surface area contributed by atoms with Gasteiger partial charge in [0.1, 0.15) is 0 Å². The van der Waals surface area contributed by atoms with Crippen LogP contribution in [-0.4, -0.2) is 22.8 Å². The molecule has 82 valence electrons. The number of hydrogen-bond donors (Lipinski definition) is 0. The van der Waals surface area contributed by atoms with Gasteiger partial charge in [-0.05, 0) is 25.7 Å². The zero-order valence-electron chi connectivity index (χ0n) is 8.50. The number of nitrogens with zero attached hydrogens (tertiary/aromatic N) is 2. The van der Waals surface area contributed by atoms with Crippen molar-refractivity contribution in [3.05, 3.63) is 24.2 Å². The first-order valence-corrected chi connectivity index (χ1v) is 5.59. The highest BCUT2D eigenvalue weighted by Crippen LogP contribution is 2.30. The topological polar surface area (TPSA) is 15.6 Å². The quantitative estimate of drug-likeness (QED) is 0.382. The predicted molar refractivity (Wildman–Crippen MR) is 60.6 cm³/mol. The summed E-state index contributed by atoms with van der Waals surface area (Å²) in [7, 11) is 0. The second-order valence-corrected chi connectivity index (χ2v) is 4.44. The molecule has 2 rings (SSSR count). The molecule has 0 N–H and O–H groups in total. The number of hydrogen-bond acceptors (Lipinski definition) is 2. The lowest BCUT2D eigenvalue weighted by atomic mass is 9.91. The first-order chi connectivity index (χ1) is 7.16. The maximum atomic E-state index is 13.0. The third kappa shape index (κ3) is 2.40. The molecule has 1 heterocycles. The largest absolute Gasteiger partial charge is 0.337 e. The molecule has 0 aromatic rings. The van der Waals surface area contributed by atoms with Crippen molar-refractivity contribution in [2.45, 2.75) is 37.4 Å². The fraction of sp³-hybridized carbons (Fsp3) is 0.545. The molecule has 1 unspecified atom stereocenters. The molecule has 1 aliphatic carbocycles. The van der Waals surface area contributed by atoms with Crippen molar-refractivity contribution in [3.63, 3.8) is 0 Å². The van der Waals surface area contributed by atoms with Gasteiger partial charge >= 0.3 is 0 Å². The smallest absolute Gasteiger partial charge is 0.197 e. The molecule has 0 aromatic carbocycles. The number of halogens is 2. The lowest BCUT2D eigenvalue weighted by Gasteiger charge is -2.36. The Labute approximate surface area is 94.1 Å². The summed E-state index contributed by atoms with van der Waals surface area (Å²) in [6.07, 6.45) is 6.72. The lowest BCUT2D eigenvalue weighted by molar-refractivity contribution is 0.220. The second-order valence-electron chi connectivity index (χ2n) is 4.05. The molecule has 1 fully saturated rings. The van der Waals surface area contributed by atoms with Crippen LogP contribution in [0.1, 0.15) is 25.7 Å². The van der Waals surface area contributed by atoms with Gasteiger partial charge in [0.05, 0.1) is 6.21 Å². The minimum atomic E-state index is -0.472. The molecule has 4 heteroatoms. The molecule has 0 radical (unpaired) electrons. The first kappa shape index (κ1) is 10.7. The molecular weight excluding hydrogens is 215 g/mol. The summed E-state index contributed by atoms with van der Waals surface area (Å²) in [5.74, 6) is -0.330. The molecule has 1 aliphatic heterocycles. The Balaban J connectivity index is 2.09. The fourth-order valence-corrected chi connectivity index (χ4v) is 2.38. The van der Waals surface area contributed by atoms with Crippen LogP contribution < -0.4 is 0 Å². The van der Waals surface area contributed by atoms with Crippen molar-refractivity contribution in [2.24, 2.45) is 4.99 Å². The van der Waals surface area contributed by atoms with Gasteiger partial charge in [0.15, 0.2) is 11.5 Å². The van der Waals surface area contributed by atoms with Crippen LogP contribution in [0, 0.1) is 0 Å². The van der Waals surface area contributed by atoms with E-state index in [1.165, 1.54) is 18.0 Å². The Morgan fingerprint density at radius 1 is 1.60 bits per heavy atom. The zero-order valence-corrected chi connectivity index (χ0v) is 9.25. The van der Waals surface area contributed by atoms with Crippen LogP contribution in [0.4, 0.5) is 4.39 Å². The number of aliphatic imine (C=N–C) groups is 1. The van der Waals surface area contributed by atoms with Gasteiger partial charge in [-0.3, -0.25) is 0 Å². The monoisotopic (exact) mass is 228 g/mol. The van der Waals surface area contributed by atoms with Crippen molar-refractivity contribution in [2.75, 3.05) is 0 Å². The SMILES string of the molecule is C=C1CCCC(N2C=C(F)C=N[C@H]2Cl)C1. The Bertz CT molecular complexity index is 325. The van der Waals surface area contributed by atoms with Crippen molar-refractivity contribution in [1.29, 1.82) is 0 Å². The zero-order chi connectivity index (χ0) is 10.8. The predicted octanol–water partition coefficient (Wildman–Crippen LogP) is 3.20. The van der Waals surface area contributed by atoms with Crippen molar-refractivity contribution in [3.8, 4) is 0 Å². The average Bonchev–Trinajstić information content (AvgIpc) is 2.22. The maximum Gasteiger partial charge on any atom is 0.197 e. The molecule has 15 heavy (non-hydrogen) atoms. The van der Waals surface area contributed by atoms with E-state index in [0.717, 1.165) is 25.7 Å². The highest BCUT2D eigenvalue weighted by Gasteiger charge is 2.26. The van der Waals surface area contributed by atoms with Crippen LogP contribution in [0.5, 0.6) is 0 Å². The van der Waals surface area contributed by atoms with E-state index in [9.17, 15) is 4.39 Å². The van der Waals surface area contributed by atoms with E-state index in [0.29, 0.717) is 0 Å². The van der Waals surface area contributed by atoms with Gasteiger partial charge in [0, 0.05) is 12.2 Å². The van der Waals surface area contributed by atoms with E-state index in [1.807, 2.05) is 0 Å². The molecule has 0 saturated heterocycles. The van der Waals surface area contributed by atoms with E-state index in [4.69, 9.17) is 11.6 Å². The van der Waals surface area contributed by atoms with Crippen LogP contribution >= 0.6 is 11.6 Å². The van der Waals surface area contributed by atoms with Crippen molar-refractivity contribution >= 4 is 17.8 Å². The Morgan fingerprint density at radius 2 is 2.40 bits per heavy atom. The molecule has 2 nitrogen and oxygen atoms in total. The van der Waals surface area contributed by atoms with Crippen LogP contribution in [0.2, 0.25) is 0 Å². The molecule has 2 atom stereocenters. The number of rotatable bonds is 1. The minimum absolute atomic E-state index is 0.247. The molecule has 0 bridgehead atoms. The van der Waals surface area contributed by atoms with Gasteiger partial charge in [-0.1, -0.05) is 23.8 Å². The summed E-state index contributed by atoms with van der Waals surface area (Å²) in [6.45, 7) is 3.98. The maximum absolute atomic E-state index is 13.0. The van der Waals surface area contributed by atoms with E-state index in [-0.39, 0.29) is 11.9 Å². The van der Waals surface area contributed by atoms with Gasteiger partial charge in [0.2, 0.25) is 0 Å². The standard InChI is InChI=1S/C11H14ClFN2/c1-8-3-2-4-10(5-8)15-7-9(13)6-14-11(15)12/h6-7,10-11H,1-5H2/t10?,11-/m1/s1. The molecule has 0 spiro atoms. The molecule has 0 amide bonds. The van der Waals surface area contributed by atoms with Crippen LogP contribution in [0.15, 0.2) is 29.2 Å². The van der Waals surface area contributed by atoms with E-state index < -0.39 is 5.62 Å². The van der Waals surface area contributed by atoms with Gasteiger partial charge < -0.3 is 4.90 Å². The highest BCUT2D eigenvalue weighted by molar-refractivity contribution is 6.20. The summed E-state index contributed by atoms with van der Waals surface area (Å²) in [6, 6.07) is 0.247. The molecule has 1 saturated carbocycles. The minimum Gasteiger partial charge on any atom is -0.337 e. The van der Waals surface area contributed by atoms with Crippen molar-refractivity contribution in [1.82, 2.24) is 4.90 Å². The van der Waals surface area contributed by atoms with E-state index >= 15 is 0 Å². The molecule has 2 aliphatic rings. The Kier molecular flexibility index (Phi) is 3.10. The average molecular weight is 229 g/mol. The van der Waals surface area contributed by atoms with Crippen LogP contribution in [-0.2, 0) is 0 Å². The summed E-state index contributed by atoms with van der Waals surface area (Å²) in [5.41, 5.74) is 0.749. The Hall–Kier alpha value is -0.830. The second kappa shape index (κ2) is 4.35. The third-order valence-electron chi connectivity index (χ3n) is 2.85. The molecule has 0 aromatic heterocycles. The van der Waals surface area contributed by atoms with Gasteiger partial charge in [-0.25, -0.2) is 9.38 Å². The number of alkyl halides is 1. The summed E-state index contributed by atoms with van der Waals surface area (Å²) >= 11 is 6.02. The summed E-state index contributed by atoms with van der Waals surface area (Å²) in [5, 5.41) is 0. The van der Waals surface area contributed by atoms with Gasteiger partial charge in [0.25, 0.3) is 0 Å². The van der Waals surface area contributed by atoms with Crippen LogP contribution in [0.25, 0.3) is 0 Å². The Morgan fingerprint density at radius 3 is 3.13 bits per heavy atom.